The van der Waals surface area contributed by atoms with E-state index in [9.17, 15) is 9.90 Å². The molecule has 1 aromatic heterocycles. The van der Waals surface area contributed by atoms with Gasteiger partial charge in [0.15, 0.2) is 0 Å². The Hall–Kier alpha value is -1.71. The Kier molecular flexibility index (Phi) is 1.62. The SMILES string of the molecule is CCn1[nH]c2c(O)cccc2c1=O. The van der Waals surface area contributed by atoms with E-state index >= 15 is 0 Å². The van der Waals surface area contributed by atoms with Gasteiger partial charge in [-0.25, -0.2) is 0 Å². The summed E-state index contributed by atoms with van der Waals surface area (Å²) < 4.78 is 1.46. The standard InChI is InChI=1S/C9H10N2O2/c1-2-11-9(13)6-4-3-5-7(12)8(6)10-11/h3-5,10,12H,2H2,1H3. The van der Waals surface area contributed by atoms with Gasteiger partial charge in [0.1, 0.15) is 11.3 Å². The van der Waals surface area contributed by atoms with Crippen LogP contribution in [0, 0.1) is 0 Å². The molecule has 13 heavy (non-hydrogen) atoms. The van der Waals surface area contributed by atoms with Gasteiger partial charge >= 0.3 is 0 Å². The minimum atomic E-state index is -0.0894. The summed E-state index contributed by atoms with van der Waals surface area (Å²) in [4.78, 5) is 11.5. The highest BCUT2D eigenvalue weighted by Gasteiger charge is 2.07. The first kappa shape index (κ1) is 7.91. The molecule has 0 spiro atoms. The Morgan fingerprint density at radius 2 is 2.31 bits per heavy atom. The summed E-state index contributed by atoms with van der Waals surface area (Å²) in [6, 6.07) is 4.91. The molecule has 2 N–H and O–H groups in total. The Labute approximate surface area is 74.4 Å². The molecule has 0 fully saturated rings. The van der Waals surface area contributed by atoms with Gasteiger partial charge in [-0.05, 0) is 19.1 Å². The van der Waals surface area contributed by atoms with Gasteiger partial charge in [0.25, 0.3) is 5.56 Å². The number of H-pyrrole nitrogens is 1. The van der Waals surface area contributed by atoms with E-state index in [1.54, 1.807) is 18.2 Å². The maximum Gasteiger partial charge on any atom is 0.274 e. The number of phenols is 1. The first-order valence-corrected chi connectivity index (χ1v) is 4.14. The molecule has 2 rings (SSSR count). The lowest BCUT2D eigenvalue weighted by Crippen LogP contribution is -2.14. The molecule has 0 aliphatic rings. The fourth-order valence-corrected chi connectivity index (χ4v) is 1.39. The predicted octanol–water partition coefficient (Wildman–Crippen LogP) is 1.06. The molecule has 0 aliphatic carbocycles. The van der Waals surface area contributed by atoms with Crippen molar-refractivity contribution in [2.45, 2.75) is 13.5 Å². The summed E-state index contributed by atoms with van der Waals surface area (Å²) in [5.41, 5.74) is 0.419. The van der Waals surface area contributed by atoms with Gasteiger partial charge in [-0.1, -0.05) is 6.07 Å². The fourth-order valence-electron chi connectivity index (χ4n) is 1.39. The fraction of sp³-hybridized carbons (Fsp3) is 0.222. The van der Waals surface area contributed by atoms with Crippen molar-refractivity contribution < 1.29 is 5.11 Å². The molecule has 0 bridgehead atoms. The lowest BCUT2D eigenvalue weighted by Gasteiger charge is -1.92. The molecule has 0 saturated heterocycles. The van der Waals surface area contributed by atoms with Gasteiger partial charge < -0.3 is 5.11 Å². The molecule has 0 saturated carbocycles. The normalized spacial score (nSPS) is 10.8. The van der Waals surface area contributed by atoms with E-state index in [1.165, 1.54) is 4.68 Å². The average Bonchev–Trinajstić information content (AvgIpc) is 2.45. The lowest BCUT2D eigenvalue weighted by atomic mass is 10.2. The van der Waals surface area contributed by atoms with Crippen molar-refractivity contribution in [1.29, 1.82) is 0 Å². The molecule has 1 aromatic carbocycles. The monoisotopic (exact) mass is 178 g/mol. The number of aromatic hydroxyl groups is 1. The van der Waals surface area contributed by atoms with E-state index in [-0.39, 0.29) is 11.3 Å². The molecule has 0 atom stereocenters. The van der Waals surface area contributed by atoms with Crippen LogP contribution in [0.2, 0.25) is 0 Å². The summed E-state index contributed by atoms with van der Waals surface area (Å²) >= 11 is 0. The van der Waals surface area contributed by atoms with Crippen molar-refractivity contribution in [3.63, 3.8) is 0 Å². The van der Waals surface area contributed by atoms with E-state index in [0.29, 0.717) is 17.4 Å². The minimum absolute atomic E-state index is 0.0894. The zero-order chi connectivity index (χ0) is 9.42. The highest BCUT2D eigenvalue weighted by Crippen LogP contribution is 2.18. The molecule has 0 radical (unpaired) electrons. The molecular formula is C9H10N2O2. The van der Waals surface area contributed by atoms with E-state index in [1.807, 2.05) is 6.92 Å². The van der Waals surface area contributed by atoms with Crippen LogP contribution < -0.4 is 5.56 Å². The van der Waals surface area contributed by atoms with E-state index < -0.39 is 0 Å². The van der Waals surface area contributed by atoms with Crippen molar-refractivity contribution in [1.82, 2.24) is 9.78 Å². The number of aryl methyl sites for hydroxylation is 1. The second-order valence-corrected chi connectivity index (χ2v) is 2.86. The van der Waals surface area contributed by atoms with Crippen LogP contribution in [0.5, 0.6) is 5.75 Å². The number of hydrogen-bond donors (Lipinski definition) is 2. The topological polar surface area (TPSA) is 58.0 Å². The second-order valence-electron chi connectivity index (χ2n) is 2.86. The average molecular weight is 178 g/mol. The molecule has 0 unspecified atom stereocenters. The van der Waals surface area contributed by atoms with Crippen LogP contribution in [0.4, 0.5) is 0 Å². The van der Waals surface area contributed by atoms with Crippen LogP contribution in [0.1, 0.15) is 6.92 Å². The Morgan fingerprint density at radius 3 is 2.92 bits per heavy atom. The summed E-state index contributed by atoms with van der Waals surface area (Å²) in [5.74, 6) is 0.113. The van der Waals surface area contributed by atoms with Crippen LogP contribution in [-0.2, 0) is 6.54 Å². The smallest absolute Gasteiger partial charge is 0.274 e. The Bertz CT molecular complexity index is 496. The zero-order valence-electron chi connectivity index (χ0n) is 7.24. The van der Waals surface area contributed by atoms with E-state index in [4.69, 9.17) is 0 Å². The van der Waals surface area contributed by atoms with Crippen molar-refractivity contribution in [3.8, 4) is 5.75 Å². The number of aromatic nitrogens is 2. The molecular weight excluding hydrogens is 168 g/mol. The summed E-state index contributed by atoms with van der Waals surface area (Å²) in [6.07, 6.45) is 0. The van der Waals surface area contributed by atoms with Gasteiger partial charge in [-0.15, -0.1) is 0 Å². The largest absolute Gasteiger partial charge is 0.506 e. The van der Waals surface area contributed by atoms with E-state index in [0.717, 1.165) is 0 Å². The lowest BCUT2D eigenvalue weighted by molar-refractivity contribution is 0.479. The van der Waals surface area contributed by atoms with Crippen LogP contribution in [0.3, 0.4) is 0 Å². The first-order chi connectivity index (χ1) is 6.24. The number of benzene rings is 1. The van der Waals surface area contributed by atoms with Crippen LogP contribution >= 0.6 is 0 Å². The summed E-state index contributed by atoms with van der Waals surface area (Å²) in [6.45, 7) is 2.45. The molecule has 0 aliphatic heterocycles. The molecule has 4 heteroatoms. The number of para-hydroxylation sites is 1. The van der Waals surface area contributed by atoms with Crippen molar-refractivity contribution in [2.24, 2.45) is 0 Å². The number of nitrogens with one attached hydrogen (secondary N) is 1. The van der Waals surface area contributed by atoms with Gasteiger partial charge in [-0.3, -0.25) is 14.6 Å². The van der Waals surface area contributed by atoms with Gasteiger partial charge in [0.2, 0.25) is 0 Å². The quantitative estimate of drug-likeness (QED) is 0.685. The number of phenolic OH excluding ortho intramolecular Hbond substituents is 1. The van der Waals surface area contributed by atoms with Crippen LogP contribution in [0.25, 0.3) is 10.9 Å². The third-order valence-electron chi connectivity index (χ3n) is 2.08. The number of fused-ring (bicyclic) bond motifs is 1. The summed E-state index contributed by atoms with van der Waals surface area (Å²) in [5, 5.41) is 12.8. The first-order valence-electron chi connectivity index (χ1n) is 4.14. The number of aromatic amines is 1. The molecule has 1 heterocycles. The van der Waals surface area contributed by atoms with Crippen molar-refractivity contribution >= 4 is 10.9 Å². The molecule has 68 valence electrons. The summed E-state index contributed by atoms with van der Waals surface area (Å²) in [7, 11) is 0. The number of hydrogen-bond acceptors (Lipinski definition) is 2. The predicted molar refractivity (Wildman–Crippen MR) is 49.9 cm³/mol. The van der Waals surface area contributed by atoms with Crippen molar-refractivity contribution in [2.75, 3.05) is 0 Å². The van der Waals surface area contributed by atoms with Crippen molar-refractivity contribution in [3.05, 3.63) is 28.6 Å². The Morgan fingerprint density at radius 1 is 1.54 bits per heavy atom. The second kappa shape index (κ2) is 2.65. The Balaban J connectivity index is 2.92. The molecule has 4 nitrogen and oxygen atoms in total. The highest BCUT2D eigenvalue weighted by molar-refractivity contribution is 5.83. The molecule has 2 aromatic rings. The molecule has 0 amide bonds. The van der Waals surface area contributed by atoms with Crippen LogP contribution in [0.15, 0.2) is 23.0 Å². The van der Waals surface area contributed by atoms with Crippen LogP contribution in [-0.4, -0.2) is 14.9 Å². The maximum absolute atomic E-state index is 11.5. The zero-order valence-corrected chi connectivity index (χ0v) is 7.24. The third-order valence-corrected chi connectivity index (χ3v) is 2.08. The minimum Gasteiger partial charge on any atom is -0.506 e. The number of nitrogens with zero attached hydrogens (tertiary/aromatic N) is 1. The maximum atomic E-state index is 11.5. The van der Waals surface area contributed by atoms with Gasteiger partial charge in [0.05, 0.1) is 5.39 Å². The van der Waals surface area contributed by atoms with Gasteiger partial charge in [-0.2, -0.15) is 0 Å². The highest BCUT2D eigenvalue weighted by atomic mass is 16.3. The number of rotatable bonds is 1. The third kappa shape index (κ3) is 1.02. The van der Waals surface area contributed by atoms with E-state index in [2.05, 4.69) is 5.10 Å². The van der Waals surface area contributed by atoms with Gasteiger partial charge in [0, 0.05) is 6.54 Å².